The maximum absolute atomic E-state index is 12.0. The van der Waals surface area contributed by atoms with Crippen LogP contribution in [0.25, 0.3) is 0 Å². The lowest BCUT2D eigenvalue weighted by Gasteiger charge is -2.23. The van der Waals surface area contributed by atoms with Crippen LogP contribution in [-0.2, 0) is 37.7 Å². The van der Waals surface area contributed by atoms with Gasteiger partial charge in [0.05, 0.1) is 26.4 Å². The van der Waals surface area contributed by atoms with E-state index in [0.29, 0.717) is 24.7 Å². The molecule has 10 nitrogen and oxygen atoms in total. The second kappa shape index (κ2) is 12.6. The molecule has 0 heterocycles. The van der Waals surface area contributed by atoms with Crippen LogP contribution < -0.4 is 0 Å². The zero-order valence-corrected chi connectivity index (χ0v) is 21.6. The molecule has 0 saturated heterocycles. The lowest BCUT2D eigenvalue weighted by Crippen LogP contribution is -2.29. The third kappa shape index (κ3) is 9.62. The number of hydrogen-bond acceptors (Lipinski definition) is 8. The predicted molar refractivity (Wildman–Crippen MR) is 119 cm³/mol. The van der Waals surface area contributed by atoms with Crippen LogP contribution in [-0.4, -0.2) is 73.2 Å². The molecule has 12 heteroatoms. The quantitative estimate of drug-likeness (QED) is 0.376. The van der Waals surface area contributed by atoms with Crippen molar-refractivity contribution in [3.63, 3.8) is 0 Å². The van der Waals surface area contributed by atoms with Crippen LogP contribution in [0.4, 0.5) is 0 Å². The minimum atomic E-state index is -4.62. The van der Waals surface area contributed by atoms with Crippen LogP contribution >= 0.6 is 14.7 Å². The summed E-state index contributed by atoms with van der Waals surface area (Å²) in [4.78, 5) is 40.7. The summed E-state index contributed by atoms with van der Waals surface area (Å²) in [7, 11) is -4.86. The molecular weight excluding hydrogens is 462 g/mol. The van der Waals surface area contributed by atoms with E-state index in [-0.39, 0.29) is 12.2 Å². The molecule has 2 aliphatic rings. The molecule has 0 aliphatic heterocycles. The fourth-order valence-electron chi connectivity index (χ4n) is 3.85. The first-order valence-corrected chi connectivity index (χ1v) is 15.1. The summed E-state index contributed by atoms with van der Waals surface area (Å²) in [6.07, 6.45) is 5.14. The normalized spacial score (nSPS) is 27.8. The summed E-state index contributed by atoms with van der Waals surface area (Å²) in [5.41, 5.74) is 0. The highest BCUT2D eigenvalue weighted by Crippen LogP contribution is 2.46. The summed E-state index contributed by atoms with van der Waals surface area (Å²) in [5, 5.41) is 0. The van der Waals surface area contributed by atoms with Gasteiger partial charge in [-0.3, -0.25) is 4.57 Å². The third-order valence-corrected chi connectivity index (χ3v) is 8.02. The Kier molecular flexibility index (Phi) is 11.6. The molecule has 0 amide bonds. The van der Waals surface area contributed by atoms with Gasteiger partial charge in [-0.2, -0.15) is 0 Å². The zero-order chi connectivity index (χ0) is 24.7. The van der Waals surface area contributed by atoms with E-state index in [0.717, 1.165) is 32.8 Å². The van der Waals surface area contributed by atoms with Crippen molar-refractivity contribution in [2.45, 2.75) is 76.3 Å². The van der Waals surface area contributed by atoms with E-state index in [1.165, 1.54) is 7.11 Å². The highest BCUT2D eigenvalue weighted by Gasteiger charge is 2.41. The molecule has 0 spiro atoms. The predicted octanol–water partition coefficient (Wildman–Crippen LogP) is 3.18. The Morgan fingerprint density at radius 1 is 0.781 bits per heavy atom. The van der Waals surface area contributed by atoms with Crippen molar-refractivity contribution < 1.29 is 47.5 Å². The van der Waals surface area contributed by atoms with Gasteiger partial charge in [-0.05, 0) is 63.7 Å². The summed E-state index contributed by atoms with van der Waals surface area (Å²) in [5.74, 6) is -3.14. The molecule has 0 aromatic rings. The van der Waals surface area contributed by atoms with Gasteiger partial charge >= 0.3 is 19.5 Å². The van der Waals surface area contributed by atoms with Gasteiger partial charge < -0.3 is 33.3 Å². The molecule has 0 aromatic carbocycles. The highest BCUT2D eigenvalue weighted by molar-refractivity contribution is 7.63. The maximum atomic E-state index is 12.0. The number of methoxy groups -OCH3 is 2. The van der Waals surface area contributed by atoms with Gasteiger partial charge in [-0.15, -0.1) is 0 Å². The van der Waals surface area contributed by atoms with Crippen molar-refractivity contribution >= 4 is 26.7 Å². The molecule has 188 valence electrons. The van der Waals surface area contributed by atoms with Crippen molar-refractivity contribution in [2.75, 3.05) is 27.5 Å². The fourth-order valence-corrected chi connectivity index (χ4v) is 5.64. The lowest BCUT2D eigenvalue weighted by molar-refractivity contribution is -0.152. The Labute approximate surface area is 190 Å². The van der Waals surface area contributed by atoms with Gasteiger partial charge in [0.25, 0.3) is 5.85 Å². The minimum absolute atomic E-state index is 0.0484. The molecule has 0 bridgehead atoms. The average Bonchev–Trinajstić information content (AvgIpc) is 3.29. The number of esters is 2. The standard InChI is InChI=1S/C11H21O4P.C9H17O6P/c1-8-5-6-9(7-8)15-11(10(12)14-2)16(3,4)13;1-6-3-4-7(5-6)15-9(8(10)14-2)16(11,12)13/h8-9,11H,5-7H2,1-4H3;6-7,9H,3-5H2,1-2H3,(H2,11,12,13)/t8-,9+,11?;6-,7+,9?/m00/s1. The van der Waals surface area contributed by atoms with Crippen molar-refractivity contribution in [1.82, 2.24) is 0 Å². The summed E-state index contributed by atoms with van der Waals surface area (Å²) >= 11 is 0. The van der Waals surface area contributed by atoms with Crippen LogP contribution in [0.15, 0.2) is 0 Å². The molecular formula is C20H38O10P2. The second-order valence-electron chi connectivity index (χ2n) is 9.13. The van der Waals surface area contributed by atoms with Gasteiger partial charge in [-0.25, -0.2) is 9.59 Å². The van der Waals surface area contributed by atoms with Crippen LogP contribution in [0.1, 0.15) is 52.4 Å². The molecule has 6 atom stereocenters. The van der Waals surface area contributed by atoms with Gasteiger partial charge in [-0.1, -0.05) is 13.8 Å². The van der Waals surface area contributed by atoms with Crippen LogP contribution in [0.3, 0.4) is 0 Å². The lowest BCUT2D eigenvalue weighted by atomic mass is 10.1. The first-order chi connectivity index (χ1) is 14.7. The largest absolute Gasteiger partial charge is 0.467 e. The van der Waals surface area contributed by atoms with Gasteiger partial charge in [0.2, 0.25) is 5.85 Å². The number of ether oxygens (including phenoxy) is 4. The van der Waals surface area contributed by atoms with Gasteiger partial charge in [0.15, 0.2) is 0 Å². The first kappa shape index (κ1) is 29.3. The Morgan fingerprint density at radius 2 is 1.16 bits per heavy atom. The molecule has 2 unspecified atom stereocenters. The van der Waals surface area contributed by atoms with E-state index in [2.05, 4.69) is 16.4 Å². The molecule has 2 N–H and O–H groups in total. The number of hydrogen-bond donors (Lipinski definition) is 2. The third-order valence-electron chi connectivity index (χ3n) is 5.61. The van der Waals surface area contributed by atoms with E-state index in [1.807, 2.05) is 6.92 Å². The topological polar surface area (TPSA) is 146 Å². The molecule has 2 aliphatic carbocycles. The summed E-state index contributed by atoms with van der Waals surface area (Å²) < 4.78 is 42.8. The van der Waals surface area contributed by atoms with Crippen molar-refractivity contribution in [1.29, 1.82) is 0 Å². The molecule has 2 rings (SSSR count). The van der Waals surface area contributed by atoms with Crippen molar-refractivity contribution in [3.8, 4) is 0 Å². The van der Waals surface area contributed by atoms with E-state index in [4.69, 9.17) is 19.3 Å². The molecule has 2 saturated carbocycles. The van der Waals surface area contributed by atoms with E-state index in [1.54, 1.807) is 13.3 Å². The molecule has 0 aromatic heterocycles. The SMILES string of the molecule is COC(=O)C(O[C@@H]1CC[C@H](C)C1)P(=O)(O)O.COC(=O)C(O[C@@H]1CC[C@H](C)C1)P(C)(C)=O. The Balaban J connectivity index is 0.000000320. The van der Waals surface area contributed by atoms with Crippen molar-refractivity contribution in [2.24, 2.45) is 11.8 Å². The smallest absolute Gasteiger partial charge is 0.365 e. The average molecular weight is 500 g/mol. The van der Waals surface area contributed by atoms with Crippen LogP contribution in [0.2, 0.25) is 0 Å². The molecule has 0 radical (unpaired) electrons. The number of carbonyl (C=O) groups excluding carboxylic acids is 2. The first-order valence-electron chi connectivity index (χ1n) is 10.7. The number of rotatable bonds is 8. The van der Waals surface area contributed by atoms with Gasteiger partial charge in [0, 0.05) is 0 Å². The minimum Gasteiger partial charge on any atom is -0.467 e. The zero-order valence-electron chi connectivity index (χ0n) is 19.8. The van der Waals surface area contributed by atoms with Crippen LogP contribution in [0, 0.1) is 11.8 Å². The van der Waals surface area contributed by atoms with E-state index < -0.39 is 38.4 Å². The monoisotopic (exact) mass is 500 g/mol. The Bertz CT molecular complexity index is 655. The van der Waals surface area contributed by atoms with Gasteiger partial charge in [0.1, 0.15) is 7.14 Å². The van der Waals surface area contributed by atoms with E-state index in [9.17, 15) is 18.7 Å². The van der Waals surface area contributed by atoms with E-state index >= 15 is 0 Å². The van der Waals surface area contributed by atoms with Crippen LogP contribution in [0.5, 0.6) is 0 Å². The second-order valence-corrected chi connectivity index (χ2v) is 14.1. The fraction of sp³-hybridized carbons (Fsp3) is 0.900. The Morgan fingerprint density at radius 3 is 1.44 bits per heavy atom. The number of carbonyl (C=O) groups is 2. The summed E-state index contributed by atoms with van der Waals surface area (Å²) in [6, 6.07) is 0. The maximum Gasteiger partial charge on any atom is 0.365 e. The highest BCUT2D eigenvalue weighted by atomic mass is 31.2. The molecule has 32 heavy (non-hydrogen) atoms. The Hall–Kier alpha value is -0.760. The summed E-state index contributed by atoms with van der Waals surface area (Å²) in [6.45, 7) is 7.32. The van der Waals surface area contributed by atoms with Crippen molar-refractivity contribution in [3.05, 3.63) is 0 Å². The molecule has 2 fully saturated rings.